The number of rotatable bonds is 6. The van der Waals surface area contributed by atoms with Crippen LogP contribution < -0.4 is 5.73 Å². The molecular weight excluding hydrogens is 210 g/mol. The Hall–Kier alpha value is -1.35. The van der Waals surface area contributed by atoms with E-state index in [1.165, 1.54) is 24.9 Å². The Bertz CT molecular complexity index is 396. The van der Waals surface area contributed by atoms with Crippen molar-refractivity contribution in [2.24, 2.45) is 11.7 Å². The van der Waals surface area contributed by atoms with Gasteiger partial charge >= 0.3 is 0 Å². The van der Waals surface area contributed by atoms with Crippen LogP contribution in [-0.4, -0.2) is 23.8 Å². The molecular formula is C14H21N3. The molecule has 0 saturated heterocycles. The Labute approximate surface area is 103 Å². The fraction of sp³-hybridized carbons (Fsp3) is 0.500. The third-order valence-corrected chi connectivity index (χ3v) is 3.30. The Morgan fingerprint density at radius 2 is 2.24 bits per heavy atom. The molecule has 1 aromatic carbocycles. The second kappa shape index (κ2) is 5.32. The third kappa shape index (κ3) is 3.56. The van der Waals surface area contributed by atoms with Crippen molar-refractivity contribution in [3.8, 4) is 0 Å². The molecule has 0 unspecified atom stereocenters. The molecule has 92 valence electrons. The van der Waals surface area contributed by atoms with Gasteiger partial charge in [0.15, 0.2) is 0 Å². The monoisotopic (exact) mass is 231 g/mol. The first-order valence-corrected chi connectivity index (χ1v) is 6.34. The number of benzene rings is 1. The van der Waals surface area contributed by atoms with Gasteiger partial charge in [-0.1, -0.05) is 25.1 Å². The van der Waals surface area contributed by atoms with Crippen molar-refractivity contribution in [3.63, 3.8) is 0 Å². The van der Waals surface area contributed by atoms with E-state index in [4.69, 9.17) is 11.1 Å². The molecule has 2 rings (SSSR count). The SMILES string of the molecule is CCN(Cc1cccc(C(=N)N)c1)CC1CC1. The molecule has 1 aliphatic carbocycles. The minimum atomic E-state index is 0.150. The summed E-state index contributed by atoms with van der Waals surface area (Å²) in [5, 5.41) is 7.45. The average molecular weight is 231 g/mol. The average Bonchev–Trinajstić information content (AvgIpc) is 3.12. The molecule has 1 aromatic rings. The maximum atomic E-state index is 7.45. The largest absolute Gasteiger partial charge is 0.384 e. The van der Waals surface area contributed by atoms with E-state index >= 15 is 0 Å². The highest BCUT2D eigenvalue weighted by atomic mass is 15.1. The van der Waals surface area contributed by atoms with Crippen molar-refractivity contribution in [2.75, 3.05) is 13.1 Å². The Balaban J connectivity index is 2.00. The van der Waals surface area contributed by atoms with E-state index in [1.807, 2.05) is 18.2 Å². The molecule has 0 aliphatic heterocycles. The number of hydrogen-bond acceptors (Lipinski definition) is 2. The van der Waals surface area contributed by atoms with Crippen LogP contribution in [-0.2, 0) is 6.54 Å². The van der Waals surface area contributed by atoms with E-state index in [-0.39, 0.29) is 5.84 Å². The van der Waals surface area contributed by atoms with E-state index in [2.05, 4.69) is 17.9 Å². The first-order valence-electron chi connectivity index (χ1n) is 6.34. The van der Waals surface area contributed by atoms with Crippen molar-refractivity contribution < 1.29 is 0 Å². The molecule has 3 heteroatoms. The highest BCUT2D eigenvalue weighted by Gasteiger charge is 2.23. The van der Waals surface area contributed by atoms with Gasteiger partial charge in [-0.2, -0.15) is 0 Å². The summed E-state index contributed by atoms with van der Waals surface area (Å²) in [6, 6.07) is 8.01. The standard InChI is InChI=1S/C14H21N3/c1-2-17(9-11-6-7-11)10-12-4-3-5-13(8-12)14(15)16/h3-5,8,11H,2,6-7,9-10H2,1H3,(H3,15,16). The van der Waals surface area contributed by atoms with Crippen molar-refractivity contribution in [1.82, 2.24) is 4.90 Å². The van der Waals surface area contributed by atoms with E-state index in [0.717, 1.165) is 24.6 Å². The maximum Gasteiger partial charge on any atom is 0.122 e. The van der Waals surface area contributed by atoms with E-state index in [1.54, 1.807) is 0 Å². The summed E-state index contributed by atoms with van der Waals surface area (Å²) in [4.78, 5) is 2.47. The maximum absolute atomic E-state index is 7.45. The number of nitrogen functional groups attached to an aromatic ring is 1. The summed E-state index contributed by atoms with van der Waals surface area (Å²) >= 11 is 0. The zero-order valence-corrected chi connectivity index (χ0v) is 10.4. The second-order valence-corrected chi connectivity index (χ2v) is 4.89. The lowest BCUT2D eigenvalue weighted by Crippen LogP contribution is -2.25. The molecule has 0 atom stereocenters. The summed E-state index contributed by atoms with van der Waals surface area (Å²) in [5.41, 5.74) is 7.58. The molecule has 1 fully saturated rings. The van der Waals surface area contributed by atoms with Gasteiger partial charge in [-0.15, -0.1) is 0 Å². The summed E-state index contributed by atoms with van der Waals surface area (Å²) in [6.07, 6.45) is 2.79. The van der Waals surface area contributed by atoms with Gasteiger partial charge in [-0.05, 0) is 36.9 Å². The minimum Gasteiger partial charge on any atom is -0.384 e. The molecule has 0 heterocycles. The summed E-state index contributed by atoms with van der Waals surface area (Å²) in [7, 11) is 0. The number of amidine groups is 1. The van der Waals surface area contributed by atoms with Gasteiger partial charge in [-0.3, -0.25) is 10.3 Å². The van der Waals surface area contributed by atoms with Crippen molar-refractivity contribution >= 4 is 5.84 Å². The van der Waals surface area contributed by atoms with Gasteiger partial charge in [0, 0.05) is 18.7 Å². The van der Waals surface area contributed by atoms with E-state index in [9.17, 15) is 0 Å². The summed E-state index contributed by atoms with van der Waals surface area (Å²) in [6.45, 7) is 5.47. The fourth-order valence-corrected chi connectivity index (χ4v) is 2.07. The molecule has 0 aromatic heterocycles. The van der Waals surface area contributed by atoms with Gasteiger partial charge in [0.25, 0.3) is 0 Å². The predicted octanol–water partition coefficient (Wildman–Crippen LogP) is 2.20. The number of nitrogens with one attached hydrogen (secondary N) is 1. The van der Waals surface area contributed by atoms with Crippen molar-refractivity contribution in [3.05, 3.63) is 35.4 Å². The highest BCUT2D eigenvalue weighted by Crippen LogP contribution is 2.30. The van der Waals surface area contributed by atoms with Gasteiger partial charge in [0.2, 0.25) is 0 Å². The number of nitrogens with two attached hydrogens (primary N) is 1. The van der Waals surface area contributed by atoms with E-state index in [0.29, 0.717) is 0 Å². The minimum absolute atomic E-state index is 0.150. The van der Waals surface area contributed by atoms with Gasteiger partial charge in [-0.25, -0.2) is 0 Å². The molecule has 0 amide bonds. The lowest BCUT2D eigenvalue weighted by atomic mass is 10.1. The van der Waals surface area contributed by atoms with Gasteiger partial charge in [0.05, 0.1) is 0 Å². The quantitative estimate of drug-likeness (QED) is 0.582. The third-order valence-electron chi connectivity index (χ3n) is 3.30. The molecule has 17 heavy (non-hydrogen) atoms. The molecule has 1 aliphatic rings. The fourth-order valence-electron chi connectivity index (χ4n) is 2.07. The molecule has 1 saturated carbocycles. The van der Waals surface area contributed by atoms with Crippen LogP contribution in [0.5, 0.6) is 0 Å². The van der Waals surface area contributed by atoms with Crippen LogP contribution in [0.4, 0.5) is 0 Å². The lowest BCUT2D eigenvalue weighted by Gasteiger charge is -2.20. The van der Waals surface area contributed by atoms with Crippen molar-refractivity contribution in [2.45, 2.75) is 26.3 Å². The zero-order valence-electron chi connectivity index (χ0n) is 10.4. The van der Waals surface area contributed by atoms with Crippen LogP contribution in [0.15, 0.2) is 24.3 Å². The Morgan fingerprint density at radius 3 is 2.82 bits per heavy atom. The van der Waals surface area contributed by atoms with Crippen LogP contribution in [0.1, 0.15) is 30.9 Å². The van der Waals surface area contributed by atoms with Crippen LogP contribution >= 0.6 is 0 Å². The number of nitrogens with zero attached hydrogens (tertiary/aromatic N) is 1. The topological polar surface area (TPSA) is 53.1 Å². The van der Waals surface area contributed by atoms with Crippen LogP contribution in [0.3, 0.4) is 0 Å². The first-order chi connectivity index (χ1) is 8.19. The molecule has 0 radical (unpaired) electrons. The van der Waals surface area contributed by atoms with Crippen LogP contribution in [0, 0.1) is 11.3 Å². The summed E-state index contributed by atoms with van der Waals surface area (Å²) in [5.74, 6) is 1.07. The van der Waals surface area contributed by atoms with E-state index < -0.39 is 0 Å². The lowest BCUT2D eigenvalue weighted by molar-refractivity contribution is 0.268. The van der Waals surface area contributed by atoms with Gasteiger partial charge in [0.1, 0.15) is 5.84 Å². The highest BCUT2D eigenvalue weighted by molar-refractivity contribution is 5.95. The second-order valence-electron chi connectivity index (χ2n) is 4.89. The molecule has 3 nitrogen and oxygen atoms in total. The van der Waals surface area contributed by atoms with Crippen LogP contribution in [0.2, 0.25) is 0 Å². The first kappa shape index (κ1) is 12.1. The Kier molecular flexibility index (Phi) is 3.79. The summed E-state index contributed by atoms with van der Waals surface area (Å²) < 4.78 is 0. The Morgan fingerprint density at radius 1 is 1.47 bits per heavy atom. The molecule has 3 N–H and O–H groups in total. The molecule has 0 bridgehead atoms. The smallest absolute Gasteiger partial charge is 0.122 e. The van der Waals surface area contributed by atoms with Crippen LogP contribution in [0.25, 0.3) is 0 Å². The van der Waals surface area contributed by atoms with Crippen molar-refractivity contribution in [1.29, 1.82) is 5.41 Å². The normalized spacial score (nSPS) is 15.2. The predicted molar refractivity (Wildman–Crippen MR) is 71.1 cm³/mol. The van der Waals surface area contributed by atoms with Gasteiger partial charge < -0.3 is 5.73 Å². The number of hydrogen-bond donors (Lipinski definition) is 2. The zero-order chi connectivity index (χ0) is 12.3. The molecule has 0 spiro atoms.